The van der Waals surface area contributed by atoms with Crippen LogP contribution in [0, 0.1) is 0 Å². The SMILES string of the molecule is COC(=O)C1CCCN1c1nc(SC)nc2[nH]ccc12. The van der Waals surface area contributed by atoms with Crippen molar-refractivity contribution in [2.24, 2.45) is 0 Å². The van der Waals surface area contributed by atoms with E-state index in [-0.39, 0.29) is 12.0 Å². The third-order valence-electron chi connectivity index (χ3n) is 3.56. The molecule has 0 amide bonds. The summed E-state index contributed by atoms with van der Waals surface area (Å²) in [4.78, 5) is 26.1. The summed E-state index contributed by atoms with van der Waals surface area (Å²) in [5.41, 5.74) is 0.801. The van der Waals surface area contributed by atoms with Gasteiger partial charge in [0.05, 0.1) is 12.5 Å². The Hall–Kier alpha value is -1.76. The van der Waals surface area contributed by atoms with Gasteiger partial charge in [0, 0.05) is 12.7 Å². The first-order valence-corrected chi connectivity index (χ1v) is 7.70. The van der Waals surface area contributed by atoms with Crippen LogP contribution in [-0.4, -0.2) is 46.9 Å². The number of rotatable bonds is 3. The number of ether oxygens (including phenoxy) is 1. The van der Waals surface area contributed by atoms with Crippen LogP contribution in [0.2, 0.25) is 0 Å². The average Bonchev–Trinajstić information content (AvgIpc) is 3.13. The lowest BCUT2D eigenvalue weighted by Gasteiger charge is -2.24. The summed E-state index contributed by atoms with van der Waals surface area (Å²) in [7, 11) is 1.43. The molecule has 7 heteroatoms. The number of carbonyl (C=O) groups excluding carboxylic acids is 1. The molecule has 20 heavy (non-hydrogen) atoms. The van der Waals surface area contributed by atoms with Crippen LogP contribution in [0.15, 0.2) is 17.4 Å². The average molecular weight is 292 g/mol. The molecule has 0 aromatic carbocycles. The highest BCUT2D eigenvalue weighted by Gasteiger charge is 2.33. The monoisotopic (exact) mass is 292 g/mol. The minimum Gasteiger partial charge on any atom is -0.467 e. The van der Waals surface area contributed by atoms with Gasteiger partial charge >= 0.3 is 5.97 Å². The summed E-state index contributed by atoms with van der Waals surface area (Å²) in [6, 6.07) is 1.70. The smallest absolute Gasteiger partial charge is 0.328 e. The van der Waals surface area contributed by atoms with Gasteiger partial charge in [-0.1, -0.05) is 11.8 Å². The lowest BCUT2D eigenvalue weighted by Crippen LogP contribution is -2.37. The largest absolute Gasteiger partial charge is 0.467 e. The summed E-state index contributed by atoms with van der Waals surface area (Å²) < 4.78 is 4.90. The van der Waals surface area contributed by atoms with Gasteiger partial charge in [0.25, 0.3) is 0 Å². The van der Waals surface area contributed by atoms with Crippen LogP contribution >= 0.6 is 11.8 Å². The Labute approximate surface area is 120 Å². The van der Waals surface area contributed by atoms with Crippen LogP contribution in [0.5, 0.6) is 0 Å². The number of hydrogen-bond donors (Lipinski definition) is 1. The molecule has 3 rings (SSSR count). The first kappa shape index (κ1) is 13.2. The predicted octanol–water partition coefficient (Wildman–Crippen LogP) is 1.82. The van der Waals surface area contributed by atoms with Crippen molar-refractivity contribution in [3.05, 3.63) is 12.3 Å². The van der Waals surface area contributed by atoms with Gasteiger partial charge in [-0.15, -0.1) is 0 Å². The Bertz CT molecular complexity index is 642. The van der Waals surface area contributed by atoms with Gasteiger partial charge in [-0.2, -0.15) is 0 Å². The number of esters is 1. The van der Waals surface area contributed by atoms with Gasteiger partial charge in [-0.05, 0) is 25.2 Å². The first-order chi connectivity index (χ1) is 9.74. The van der Waals surface area contributed by atoms with E-state index in [1.807, 2.05) is 23.4 Å². The third-order valence-corrected chi connectivity index (χ3v) is 4.10. The maximum absolute atomic E-state index is 11.9. The number of aromatic amines is 1. The van der Waals surface area contributed by atoms with Crippen LogP contribution in [-0.2, 0) is 9.53 Å². The van der Waals surface area contributed by atoms with Gasteiger partial charge in [-0.25, -0.2) is 14.8 Å². The van der Waals surface area contributed by atoms with E-state index in [1.54, 1.807) is 0 Å². The number of anilines is 1. The molecule has 2 aromatic heterocycles. The topological polar surface area (TPSA) is 71.1 Å². The number of fused-ring (bicyclic) bond motifs is 1. The zero-order chi connectivity index (χ0) is 14.1. The molecule has 0 saturated carbocycles. The molecule has 1 saturated heterocycles. The number of nitrogens with one attached hydrogen (secondary N) is 1. The highest BCUT2D eigenvalue weighted by Crippen LogP contribution is 2.31. The Morgan fingerprint density at radius 3 is 3.15 bits per heavy atom. The quantitative estimate of drug-likeness (QED) is 0.528. The number of H-pyrrole nitrogens is 1. The lowest BCUT2D eigenvalue weighted by molar-refractivity contribution is -0.141. The number of nitrogens with zero attached hydrogens (tertiary/aromatic N) is 3. The van der Waals surface area contributed by atoms with E-state index in [2.05, 4.69) is 15.0 Å². The van der Waals surface area contributed by atoms with Crippen LogP contribution in [0.25, 0.3) is 11.0 Å². The van der Waals surface area contributed by atoms with Crippen molar-refractivity contribution in [1.29, 1.82) is 0 Å². The van der Waals surface area contributed by atoms with Crippen molar-refractivity contribution in [2.75, 3.05) is 24.8 Å². The Balaban J connectivity index is 2.08. The number of carbonyl (C=O) groups is 1. The number of thioether (sulfide) groups is 1. The highest BCUT2D eigenvalue weighted by atomic mass is 32.2. The van der Waals surface area contributed by atoms with Gasteiger partial charge in [0.1, 0.15) is 17.5 Å². The van der Waals surface area contributed by atoms with Crippen molar-refractivity contribution in [3.63, 3.8) is 0 Å². The summed E-state index contributed by atoms with van der Waals surface area (Å²) >= 11 is 1.49. The minimum absolute atomic E-state index is 0.199. The first-order valence-electron chi connectivity index (χ1n) is 6.48. The van der Waals surface area contributed by atoms with E-state index in [0.29, 0.717) is 5.16 Å². The maximum Gasteiger partial charge on any atom is 0.328 e. The number of hydrogen-bond acceptors (Lipinski definition) is 6. The Morgan fingerprint density at radius 1 is 1.55 bits per heavy atom. The molecule has 0 bridgehead atoms. The number of aromatic nitrogens is 3. The van der Waals surface area contributed by atoms with Crippen LogP contribution in [0.4, 0.5) is 5.82 Å². The van der Waals surface area contributed by atoms with Crippen LogP contribution < -0.4 is 4.90 Å². The molecule has 0 radical (unpaired) electrons. The predicted molar refractivity (Wildman–Crippen MR) is 78.1 cm³/mol. The van der Waals surface area contributed by atoms with Crippen molar-refractivity contribution in [1.82, 2.24) is 15.0 Å². The van der Waals surface area contributed by atoms with Gasteiger partial charge in [0.15, 0.2) is 5.16 Å². The second kappa shape index (κ2) is 5.32. The maximum atomic E-state index is 11.9. The van der Waals surface area contributed by atoms with Gasteiger partial charge in [0.2, 0.25) is 0 Å². The lowest BCUT2D eigenvalue weighted by atomic mass is 10.2. The van der Waals surface area contributed by atoms with Gasteiger partial charge in [-0.3, -0.25) is 0 Å². The summed E-state index contributed by atoms with van der Waals surface area (Å²) in [5, 5.41) is 1.64. The molecule has 1 aliphatic heterocycles. The summed E-state index contributed by atoms with van der Waals surface area (Å²) in [5.74, 6) is 0.615. The molecular formula is C13H16N4O2S. The van der Waals surface area contributed by atoms with E-state index >= 15 is 0 Å². The Kier molecular flexibility index (Phi) is 3.52. The van der Waals surface area contributed by atoms with E-state index in [1.165, 1.54) is 18.9 Å². The van der Waals surface area contributed by atoms with E-state index in [9.17, 15) is 4.79 Å². The second-order valence-electron chi connectivity index (χ2n) is 4.65. The molecule has 106 valence electrons. The normalized spacial score (nSPS) is 18.7. The second-order valence-corrected chi connectivity index (χ2v) is 5.42. The molecule has 1 N–H and O–H groups in total. The van der Waals surface area contributed by atoms with Crippen molar-refractivity contribution >= 4 is 34.6 Å². The number of methoxy groups -OCH3 is 1. The third kappa shape index (κ3) is 2.11. The molecule has 6 nitrogen and oxygen atoms in total. The molecule has 1 fully saturated rings. The molecule has 2 aromatic rings. The van der Waals surface area contributed by atoms with Crippen molar-refractivity contribution < 1.29 is 9.53 Å². The molecule has 0 spiro atoms. The van der Waals surface area contributed by atoms with Crippen molar-refractivity contribution in [3.8, 4) is 0 Å². The Morgan fingerprint density at radius 2 is 2.40 bits per heavy atom. The van der Waals surface area contributed by atoms with Crippen molar-refractivity contribution in [2.45, 2.75) is 24.0 Å². The molecule has 1 aliphatic rings. The zero-order valence-electron chi connectivity index (χ0n) is 11.4. The molecule has 0 aliphatic carbocycles. The van der Waals surface area contributed by atoms with Crippen LogP contribution in [0.3, 0.4) is 0 Å². The molecule has 1 unspecified atom stereocenters. The highest BCUT2D eigenvalue weighted by molar-refractivity contribution is 7.98. The standard InChI is InChI=1S/C13H16N4O2S/c1-19-12(18)9-4-3-7-17(9)11-8-5-6-14-10(8)15-13(16-11)20-2/h5-6,9H,3-4,7H2,1-2H3,(H,14,15,16). The minimum atomic E-state index is -0.247. The van der Waals surface area contributed by atoms with E-state index in [0.717, 1.165) is 36.2 Å². The fraction of sp³-hybridized carbons (Fsp3) is 0.462. The van der Waals surface area contributed by atoms with Gasteiger partial charge < -0.3 is 14.6 Å². The summed E-state index contributed by atoms with van der Waals surface area (Å²) in [6.07, 6.45) is 5.55. The van der Waals surface area contributed by atoms with Crippen LogP contribution in [0.1, 0.15) is 12.8 Å². The fourth-order valence-electron chi connectivity index (χ4n) is 2.62. The molecular weight excluding hydrogens is 276 g/mol. The fourth-order valence-corrected chi connectivity index (χ4v) is 2.98. The molecule has 1 atom stereocenters. The van der Waals surface area contributed by atoms with E-state index < -0.39 is 0 Å². The van der Waals surface area contributed by atoms with E-state index in [4.69, 9.17) is 4.74 Å². The zero-order valence-corrected chi connectivity index (χ0v) is 12.2. The molecule has 3 heterocycles. The summed E-state index contributed by atoms with van der Waals surface area (Å²) in [6.45, 7) is 0.810.